The number of piperidine rings is 1. The summed E-state index contributed by atoms with van der Waals surface area (Å²) in [7, 11) is 0. The number of carbonyl (C=O) groups excluding carboxylic acids is 1. The number of hydrogen-bond acceptors (Lipinski definition) is 3. The average molecular weight is 302 g/mol. The molecule has 4 heteroatoms. The topological polar surface area (TPSA) is 41.6 Å². The van der Waals surface area contributed by atoms with Crippen LogP contribution >= 0.6 is 0 Å². The van der Waals surface area contributed by atoms with Crippen LogP contribution in [0.15, 0.2) is 18.2 Å². The van der Waals surface area contributed by atoms with Gasteiger partial charge in [0.25, 0.3) is 5.91 Å². The molecule has 1 fully saturated rings. The van der Waals surface area contributed by atoms with Gasteiger partial charge in [-0.1, -0.05) is 6.42 Å². The van der Waals surface area contributed by atoms with Crippen LogP contribution in [-0.4, -0.2) is 43.1 Å². The van der Waals surface area contributed by atoms with E-state index >= 15 is 0 Å². The van der Waals surface area contributed by atoms with Crippen molar-refractivity contribution in [3.05, 3.63) is 29.3 Å². The summed E-state index contributed by atoms with van der Waals surface area (Å²) in [5, 5.41) is 3.04. The fraction of sp³-hybridized carbons (Fsp3) is 0.611. The molecule has 0 unspecified atom stereocenters. The van der Waals surface area contributed by atoms with E-state index in [2.05, 4.69) is 17.1 Å². The quantitative estimate of drug-likeness (QED) is 0.850. The van der Waals surface area contributed by atoms with Crippen LogP contribution in [0.2, 0.25) is 0 Å². The monoisotopic (exact) mass is 302 g/mol. The van der Waals surface area contributed by atoms with Crippen molar-refractivity contribution in [2.24, 2.45) is 0 Å². The highest BCUT2D eigenvalue weighted by atomic mass is 16.5. The van der Waals surface area contributed by atoms with Crippen LogP contribution in [-0.2, 0) is 6.42 Å². The Morgan fingerprint density at radius 2 is 2.32 bits per heavy atom. The number of rotatable bonds is 5. The molecule has 1 N–H and O–H groups in total. The van der Waals surface area contributed by atoms with Crippen LogP contribution in [0, 0.1) is 0 Å². The maximum atomic E-state index is 12.2. The van der Waals surface area contributed by atoms with Crippen molar-refractivity contribution < 1.29 is 9.53 Å². The first kappa shape index (κ1) is 15.3. The van der Waals surface area contributed by atoms with Gasteiger partial charge in [0.2, 0.25) is 0 Å². The Hall–Kier alpha value is -1.55. The van der Waals surface area contributed by atoms with E-state index in [1.807, 2.05) is 18.2 Å². The summed E-state index contributed by atoms with van der Waals surface area (Å²) in [6.07, 6.45) is 5.90. The summed E-state index contributed by atoms with van der Waals surface area (Å²) in [5.41, 5.74) is 1.89. The first-order valence-corrected chi connectivity index (χ1v) is 8.52. The summed E-state index contributed by atoms with van der Waals surface area (Å²) in [6.45, 7) is 6.08. The van der Waals surface area contributed by atoms with Crippen LogP contribution in [0.1, 0.15) is 48.5 Å². The van der Waals surface area contributed by atoms with Crippen molar-refractivity contribution in [1.82, 2.24) is 10.2 Å². The van der Waals surface area contributed by atoms with E-state index in [1.165, 1.54) is 25.8 Å². The molecule has 0 aliphatic carbocycles. The molecule has 4 nitrogen and oxygen atoms in total. The Labute approximate surface area is 132 Å². The highest BCUT2D eigenvalue weighted by Gasteiger charge is 2.18. The molecule has 0 radical (unpaired) electrons. The van der Waals surface area contributed by atoms with E-state index < -0.39 is 0 Å². The number of benzene rings is 1. The third kappa shape index (κ3) is 3.61. The van der Waals surface area contributed by atoms with E-state index in [1.54, 1.807) is 0 Å². The Kier molecular flexibility index (Phi) is 4.98. The normalized spacial score (nSPS) is 21.2. The SMILES string of the molecule is C[C@@H]1CCCCN1CCCNC(=O)c1ccc2c(c1)CCO2. The number of nitrogens with one attached hydrogen (secondary N) is 1. The molecule has 2 aliphatic heterocycles. The number of hydrogen-bond donors (Lipinski definition) is 1. The number of amides is 1. The smallest absolute Gasteiger partial charge is 0.251 e. The van der Waals surface area contributed by atoms with E-state index in [0.717, 1.165) is 49.4 Å². The zero-order chi connectivity index (χ0) is 15.4. The Balaban J connectivity index is 1.42. The third-order valence-corrected chi connectivity index (χ3v) is 4.80. The highest BCUT2D eigenvalue weighted by molar-refractivity contribution is 5.94. The first-order valence-electron chi connectivity index (χ1n) is 8.52. The molecule has 0 aromatic heterocycles. The molecule has 0 spiro atoms. The zero-order valence-corrected chi connectivity index (χ0v) is 13.4. The molecule has 1 atom stereocenters. The predicted molar refractivity (Wildman–Crippen MR) is 87.5 cm³/mol. The van der Waals surface area contributed by atoms with Gasteiger partial charge in [-0.25, -0.2) is 0 Å². The Morgan fingerprint density at radius 3 is 3.18 bits per heavy atom. The van der Waals surface area contributed by atoms with Gasteiger partial charge in [-0.3, -0.25) is 4.79 Å². The van der Waals surface area contributed by atoms with Crippen LogP contribution < -0.4 is 10.1 Å². The first-order chi connectivity index (χ1) is 10.7. The molecular weight excluding hydrogens is 276 g/mol. The molecule has 1 amide bonds. The molecule has 1 saturated heterocycles. The number of fused-ring (bicyclic) bond motifs is 1. The zero-order valence-electron chi connectivity index (χ0n) is 13.4. The molecule has 1 aromatic rings. The summed E-state index contributed by atoms with van der Waals surface area (Å²) in [5.74, 6) is 0.956. The Morgan fingerprint density at radius 1 is 1.41 bits per heavy atom. The van der Waals surface area contributed by atoms with Gasteiger partial charge in [0.05, 0.1) is 6.61 Å². The molecule has 1 aromatic carbocycles. The lowest BCUT2D eigenvalue weighted by Crippen LogP contribution is -2.39. The minimum absolute atomic E-state index is 0.0291. The lowest BCUT2D eigenvalue weighted by atomic mass is 10.0. The second-order valence-corrected chi connectivity index (χ2v) is 6.41. The molecule has 3 rings (SSSR count). The summed E-state index contributed by atoms with van der Waals surface area (Å²) in [6, 6.07) is 6.42. The molecule has 22 heavy (non-hydrogen) atoms. The molecule has 120 valence electrons. The average Bonchev–Trinajstić information content (AvgIpc) is 3.00. The summed E-state index contributed by atoms with van der Waals surface area (Å²) >= 11 is 0. The molecule has 2 heterocycles. The van der Waals surface area contributed by atoms with E-state index in [4.69, 9.17) is 4.74 Å². The fourth-order valence-electron chi connectivity index (χ4n) is 3.40. The van der Waals surface area contributed by atoms with Crippen molar-refractivity contribution in [2.45, 2.75) is 45.1 Å². The van der Waals surface area contributed by atoms with Gasteiger partial charge in [0.15, 0.2) is 0 Å². The van der Waals surface area contributed by atoms with Gasteiger partial charge < -0.3 is 15.0 Å². The molecular formula is C18H26N2O2. The van der Waals surface area contributed by atoms with Crippen molar-refractivity contribution in [1.29, 1.82) is 0 Å². The van der Waals surface area contributed by atoms with Gasteiger partial charge in [0.1, 0.15) is 5.75 Å². The van der Waals surface area contributed by atoms with E-state index in [-0.39, 0.29) is 5.91 Å². The van der Waals surface area contributed by atoms with Crippen molar-refractivity contribution in [2.75, 3.05) is 26.2 Å². The largest absolute Gasteiger partial charge is 0.493 e. The molecule has 0 bridgehead atoms. The van der Waals surface area contributed by atoms with Gasteiger partial charge >= 0.3 is 0 Å². The maximum absolute atomic E-state index is 12.2. The summed E-state index contributed by atoms with van der Waals surface area (Å²) < 4.78 is 5.47. The minimum Gasteiger partial charge on any atom is -0.493 e. The summed E-state index contributed by atoms with van der Waals surface area (Å²) in [4.78, 5) is 14.7. The van der Waals surface area contributed by atoms with E-state index in [0.29, 0.717) is 6.04 Å². The number of carbonyl (C=O) groups is 1. The predicted octanol–water partition coefficient (Wildman–Crippen LogP) is 2.62. The van der Waals surface area contributed by atoms with Gasteiger partial charge in [-0.2, -0.15) is 0 Å². The second-order valence-electron chi connectivity index (χ2n) is 6.41. The number of likely N-dealkylation sites (tertiary alicyclic amines) is 1. The van der Waals surface area contributed by atoms with E-state index in [9.17, 15) is 4.79 Å². The standard InChI is InChI=1S/C18H26N2O2/c1-14-5-2-3-10-20(14)11-4-9-19-18(21)16-6-7-17-15(13-16)8-12-22-17/h6-7,13-14H,2-5,8-12H2,1H3,(H,19,21)/t14-/m1/s1. The lowest BCUT2D eigenvalue weighted by molar-refractivity contribution is 0.0949. The van der Waals surface area contributed by atoms with Crippen LogP contribution in [0.3, 0.4) is 0 Å². The maximum Gasteiger partial charge on any atom is 0.251 e. The number of nitrogens with zero attached hydrogens (tertiary/aromatic N) is 1. The van der Waals surface area contributed by atoms with Crippen LogP contribution in [0.25, 0.3) is 0 Å². The van der Waals surface area contributed by atoms with Crippen LogP contribution in [0.4, 0.5) is 0 Å². The molecule has 0 saturated carbocycles. The third-order valence-electron chi connectivity index (χ3n) is 4.80. The number of ether oxygens (including phenoxy) is 1. The minimum atomic E-state index is 0.0291. The van der Waals surface area contributed by atoms with Gasteiger partial charge in [0, 0.05) is 31.1 Å². The second kappa shape index (κ2) is 7.14. The van der Waals surface area contributed by atoms with Crippen LogP contribution in [0.5, 0.6) is 5.75 Å². The highest BCUT2D eigenvalue weighted by Crippen LogP contribution is 2.25. The van der Waals surface area contributed by atoms with Crippen molar-refractivity contribution in [3.63, 3.8) is 0 Å². The lowest BCUT2D eigenvalue weighted by Gasteiger charge is -2.33. The fourth-order valence-corrected chi connectivity index (χ4v) is 3.40. The van der Waals surface area contributed by atoms with Crippen molar-refractivity contribution in [3.8, 4) is 5.75 Å². The molecule has 2 aliphatic rings. The van der Waals surface area contributed by atoms with Crippen molar-refractivity contribution >= 4 is 5.91 Å². The Bertz CT molecular complexity index is 530. The van der Waals surface area contributed by atoms with Gasteiger partial charge in [-0.15, -0.1) is 0 Å². The van der Waals surface area contributed by atoms with Gasteiger partial charge in [-0.05, 0) is 56.5 Å².